The van der Waals surface area contributed by atoms with Crippen LogP contribution in [-0.4, -0.2) is 10.4 Å². The van der Waals surface area contributed by atoms with E-state index in [0.29, 0.717) is 10.0 Å². The van der Waals surface area contributed by atoms with Crippen molar-refractivity contribution in [3.05, 3.63) is 67.5 Å². The van der Waals surface area contributed by atoms with Crippen LogP contribution in [0.2, 0.25) is 0 Å². The molecule has 1 aromatic heterocycles. The van der Waals surface area contributed by atoms with Crippen molar-refractivity contribution in [1.82, 2.24) is 4.57 Å². The van der Waals surface area contributed by atoms with E-state index < -0.39 is 0 Å². The molecule has 0 aliphatic rings. The first-order chi connectivity index (χ1) is 8.58. The number of hydrogen-bond acceptors (Lipinski definition) is 2. The van der Waals surface area contributed by atoms with E-state index in [-0.39, 0.29) is 17.9 Å². The van der Waals surface area contributed by atoms with E-state index in [1.807, 2.05) is 6.07 Å². The summed E-state index contributed by atoms with van der Waals surface area (Å²) in [4.78, 5) is 23.8. The van der Waals surface area contributed by atoms with Gasteiger partial charge in [0.25, 0.3) is 5.56 Å². The van der Waals surface area contributed by atoms with Crippen LogP contribution in [0.1, 0.15) is 10.4 Å². The highest BCUT2D eigenvalue weighted by Crippen LogP contribution is 2.12. The Bertz CT molecular complexity index is 649. The van der Waals surface area contributed by atoms with Gasteiger partial charge in [0, 0.05) is 16.2 Å². The first-order valence-electron chi connectivity index (χ1n) is 5.21. The van der Waals surface area contributed by atoms with Crippen molar-refractivity contribution in [2.75, 3.05) is 0 Å². The van der Waals surface area contributed by atoms with Gasteiger partial charge in [-0.25, -0.2) is 0 Å². The highest BCUT2D eigenvalue weighted by molar-refractivity contribution is 9.10. The summed E-state index contributed by atoms with van der Waals surface area (Å²) in [6, 6.07) is 10.5. The molecule has 0 aliphatic heterocycles. The number of halogens is 2. The number of carbonyl (C=O) groups is 1. The minimum atomic E-state index is -0.208. The SMILES string of the molecule is O=C(Cn1cccc(Br)c1=O)c1cccc(Br)c1. The molecule has 0 saturated carbocycles. The second kappa shape index (κ2) is 5.63. The largest absolute Gasteiger partial charge is 0.307 e. The zero-order valence-corrected chi connectivity index (χ0v) is 12.4. The number of pyridine rings is 1. The number of hydrogen-bond donors (Lipinski definition) is 0. The van der Waals surface area contributed by atoms with Gasteiger partial charge >= 0.3 is 0 Å². The Kier molecular flexibility index (Phi) is 4.14. The van der Waals surface area contributed by atoms with Crippen LogP contribution in [-0.2, 0) is 6.54 Å². The van der Waals surface area contributed by atoms with Gasteiger partial charge in [-0.3, -0.25) is 9.59 Å². The zero-order valence-electron chi connectivity index (χ0n) is 9.27. The summed E-state index contributed by atoms with van der Waals surface area (Å²) in [6.45, 7) is 0.0364. The van der Waals surface area contributed by atoms with Crippen molar-refractivity contribution >= 4 is 37.6 Å². The molecule has 0 spiro atoms. The molecule has 18 heavy (non-hydrogen) atoms. The number of Topliss-reactive ketones (excluding diaryl/α,β-unsaturated/α-hetero) is 1. The number of benzene rings is 1. The van der Waals surface area contributed by atoms with Gasteiger partial charge in [-0.15, -0.1) is 0 Å². The molecule has 0 atom stereocenters. The van der Waals surface area contributed by atoms with Gasteiger partial charge in [-0.1, -0.05) is 28.1 Å². The first-order valence-corrected chi connectivity index (χ1v) is 6.80. The molecule has 1 aromatic carbocycles. The lowest BCUT2D eigenvalue weighted by molar-refractivity contribution is 0.0970. The molecule has 5 heteroatoms. The molecule has 0 radical (unpaired) electrons. The normalized spacial score (nSPS) is 10.3. The third-order valence-corrected chi connectivity index (χ3v) is 3.53. The zero-order chi connectivity index (χ0) is 13.1. The Labute approximate surface area is 121 Å². The highest BCUT2D eigenvalue weighted by atomic mass is 79.9. The van der Waals surface area contributed by atoms with E-state index in [4.69, 9.17) is 0 Å². The molecule has 0 fully saturated rings. The van der Waals surface area contributed by atoms with E-state index in [1.165, 1.54) is 4.57 Å². The van der Waals surface area contributed by atoms with E-state index in [2.05, 4.69) is 31.9 Å². The van der Waals surface area contributed by atoms with Gasteiger partial charge in [0.1, 0.15) is 0 Å². The van der Waals surface area contributed by atoms with Crippen molar-refractivity contribution in [2.24, 2.45) is 0 Å². The minimum absolute atomic E-state index is 0.0364. The smallest absolute Gasteiger partial charge is 0.265 e. The van der Waals surface area contributed by atoms with Crippen molar-refractivity contribution < 1.29 is 4.79 Å². The molecular weight excluding hydrogens is 362 g/mol. The summed E-state index contributed by atoms with van der Waals surface area (Å²) in [5.74, 6) is -0.100. The maximum Gasteiger partial charge on any atom is 0.265 e. The van der Waals surface area contributed by atoms with Gasteiger partial charge in [0.2, 0.25) is 0 Å². The average molecular weight is 371 g/mol. The molecule has 0 saturated heterocycles. The van der Waals surface area contributed by atoms with Crippen molar-refractivity contribution in [1.29, 1.82) is 0 Å². The quantitative estimate of drug-likeness (QED) is 0.778. The molecule has 2 rings (SSSR count). The van der Waals surface area contributed by atoms with Crippen LogP contribution >= 0.6 is 31.9 Å². The lowest BCUT2D eigenvalue weighted by Crippen LogP contribution is -2.23. The second-order valence-electron chi connectivity index (χ2n) is 3.72. The summed E-state index contributed by atoms with van der Waals surface area (Å²) < 4.78 is 2.68. The highest BCUT2D eigenvalue weighted by Gasteiger charge is 2.09. The van der Waals surface area contributed by atoms with Gasteiger partial charge in [-0.05, 0) is 40.2 Å². The van der Waals surface area contributed by atoms with Crippen LogP contribution in [0.3, 0.4) is 0 Å². The molecule has 0 amide bonds. The standard InChI is InChI=1S/C13H9Br2NO2/c14-10-4-1-3-9(7-10)12(17)8-16-6-2-5-11(15)13(16)18/h1-7H,8H2. The van der Waals surface area contributed by atoms with Crippen molar-refractivity contribution in [3.63, 3.8) is 0 Å². The summed E-state index contributed by atoms with van der Waals surface area (Å²) in [5, 5.41) is 0. The van der Waals surface area contributed by atoms with Crippen LogP contribution in [0.5, 0.6) is 0 Å². The van der Waals surface area contributed by atoms with Crippen molar-refractivity contribution in [2.45, 2.75) is 6.54 Å². The van der Waals surface area contributed by atoms with Gasteiger partial charge in [0.05, 0.1) is 11.0 Å². The Morgan fingerprint density at radius 1 is 1.17 bits per heavy atom. The van der Waals surface area contributed by atoms with Crippen LogP contribution in [0.15, 0.2) is 56.3 Å². The van der Waals surface area contributed by atoms with E-state index in [9.17, 15) is 9.59 Å². The summed E-state index contributed by atoms with van der Waals surface area (Å²) in [5.41, 5.74) is 0.372. The Hall–Kier alpha value is -1.20. The summed E-state index contributed by atoms with van der Waals surface area (Å²) in [6.07, 6.45) is 1.60. The number of carbonyl (C=O) groups excluding carboxylic acids is 1. The predicted octanol–water partition coefficient (Wildman–Crippen LogP) is 3.26. The summed E-state index contributed by atoms with van der Waals surface area (Å²) >= 11 is 6.47. The third-order valence-electron chi connectivity index (χ3n) is 2.43. The second-order valence-corrected chi connectivity index (χ2v) is 5.49. The monoisotopic (exact) mass is 369 g/mol. The molecule has 1 heterocycles. The number of rotatable bonds is 3. The topological polar surface area (TPSA) is 39.1 Å². The van der Waals surface area contributed by atoms with E-state index in [1.54, 1.807) is 36.5 Å². The maximum absolute atomic E-state index is 12.0. The molecule has 92 valence electrons. The Balaban J connectivity index is 2.27. The molecular formula is C13H9Br2NO2. The van der Waals surface area contributed by atoms with Crippen molar-refractivity contribution in [3.8, 4) is 0 Å². The number of ketones is 1. The number of nitrogens with zero attached hydrogens (tertiary/aromatic N) is 1. The maximum atomic E-state index is 12.0. The Morgan fingerprint density at radius 2 is 1.94 bits per heavy atom. The molecule has 0 N–H and O–H groups in total. The molecule has 0 unspecified atom stereocenters. The molecule has 2 aromatic rings. The van der Waals surface area contributed by atoms with Gasteiger partial charge in [0.15, 0.2) is 5.78 Å². The van der Waals surface area contributed by atoms with E-state index >= 15 is 0 Å². The van der Waals surface area contributed by atoms with Crippen LogP contribution in [0.4, 0.5) is 0 Å². The fourth-order valence-electron chi connectivity index (χ4n) is 1.54. The third kappa shape index (κ3) is 2.97. The first kappa shape index (κ1) is 13.2. The van der Waals surface area contributed by atoms with E-state index in [0.717, 1.165) is 4.47 Å². The summed E-state index contributed by atoms with van der Waals surface area (Å²) in [7, 11) is 0. The Morgan fingerprint density at radius 3 is 2.67 bits per heavy atom. The fourth-order valence-corrected chi connectivity index (χ4v) is 2.32. The minimum Gasteiger partial charge on any atom is -0.307 e. The molecule has 3 nitrogen and oxygen atoms in total. The lowest BCUT2D eigenvalue weighted by atomic mass is 10.1. The van der Waals surface area contributed by atoms with Crippen LogP contribution in [0, 0.1) is 0 Å². The van der Waals surface area contributed by atoms with Gasteiger partial charge in [-0.2, -0.15) is 0 Å². The van der Waals surface area contributed by atoms with Gasteiger partial charge < -0.3 is 4.57 Å². The molecule has 0 bridgehead atoms. The lowest BCUT2D eigenvalue weighted by Gasteiger charge is -2.05. The molecule has 0 aliphatic carbocycles. The fraction of sp³-hybridized carbons (Fsp3) is 0.0769. The van der Waals surface area contributed by atoms with Crippen LogP contribution in [0.25, 0.3) is 0 Å². The average Bonchev–Trinajstić information content (AvgIpc) is 2.35. The van der Waals surface area contributed by atoms with Crippen LogP contribution < -0.4 is 5.56 Å². The predicted molar refractivity (Wildman–Crippen MR) is 76.9 cm³/mol. The number of aromatic nitrogens is 1.